The molecule has 15 nitrogen and oxygen atoms in total. The number of aliphatic carboxylic acids is 1. The predicted molar refractivity (Wildman–Crippen MR) is 190 cm³/mol. The number of unbranched alkanes of at least 4 members (excludes halogenated alkanes) is 4. The fourth-order valence-electron chi connectivity index (χ4n) is 4.52. The van der Waals surface area contributed by atoms with E-state index in [0.29, 0.717) is 64.3 Å². The number of nitrogens with two attached hydrogens (primary N) is 1. The van der Waals surface area contributed by atoms with Gasteiger partial charge in [0.05, 0.1) is 6.04 Å². The molecule has 0 radical (unpaired) electrons. The zero-order valence-electron chi connectivity index (χ0n) is 32.0. The van der Waals surface area contributed by atoms with E-state index in [0.717, 1.165) is 0 Å². The van der Waals surface area contributed by atoms with Gasteiger partial charge in [-0.2, -0.15) is 0 Å². The number of hydrogen-bond donors (Lipinski definition) is 6. The molecule has 0 rings (SSSR count). The molecule has 0 aliphatic carbocycles. The van der Waals surface area contributed by atoms with Crippen molar-refractivity contribution in [3.05, 3.63) is 0 Å². The van der Waals surface area contributed by atoms with Gasteiger partial charge in [-0.25, -0.2) is 14.4 Å². The summed E-state index contributed by atoms with van der Waals surface area (Å²) in [6.07, 6.45) is 2.86. The molecule has 0 aromatic heterocycles. The number of nitrogens with one attached hydrogen (secondary N) is 4. The van der Waals surface area contributed by atoms with Crippen LogP contribution in [0.2, 0.25) is 0 Å². The third kappa shape index (κ3) is 24.5. The molecule has 0 unspecified atom stereocenters. The second-order valence-corrected chi connectivity index (χ2v) is 15.9. The van der Waals surface area contributed by atoms with Gasteiger partial charge in [0.1, 0.15) is 28.4 Å². The Labute approximate surface area is 298 Å². The molecule has 0 aliphatic heterocycles. The van der Waals surface area contributed by atoms with Gasteiger partial charge in [0.2, 0.25) is 5.91 Å². The molecule has 0 saturated heterocycles. The molecule has 4 amide bonds. The summed E-state index contributed by atoms with van der Waals surface area (Å²) >= 11 is 0. The average Bonchev–Trinajstić information content (AvgIpc) is 2.92. The first-order chi connectivity index (χ1) is 22.8. The summed E-state index contributed by atoms with van der Waals surface area (Å²) in [7, 11) is 0. The Morgan fingerprint density at radius 2 is 1.02 bits per heavy atom. The lowest BCUT2D eigenvalue weighted by Gasteiger charge is -2.24. The fraction of sp³-hybridized carbons (Fsp3) is 0.829. The van der Waals surface area contributed by atoms with E-state index in [2.05, 4.69) is 21.3 Å². The molecule has 0 spiro atoms. The third-order valence-electron chi connectivity index (χ3n) is 7.00. The first-order valence-electron chi connectivity index (χ1n) is 17.6. The van der Waals surface area contributed by atoms with Gasteiger partial charge < -0.3 is 46.3 Å². The Morgan fingerprint density at radius 1 is 0.580 bits per heavy atom. The number of carbonyl (C=O) groups is 6. The van der Waals surface area contributed by atoms with Crippen molar-refractivity contribution < 1.29 is 48.1 Å². The maximum absolute atomic E-state index is 13.1. The van der Waals surface area contributed by atoms with Crippen LogP contribution in [0, 0.1) is 0 Å². The lowest BCUT2D eigenvalue weighted by atomic mass is 9.94. The van der Waals surface area contributed by atoms with Gasteiger partial charge in [-0.1, -0.05) is 12.8 Å². The Kier molecular flexibility index (Phi) is 20.0. The van der Waals surface area contributed by atoms with Crippen molar-refractivity contribution in [2.75, 3.05) is 13.1 Å². The van der Waals surface area contributed by atoms with E-state index in [1.807, 2.05) is 0 Å². The molecule has 0 fully saturated rings. The molecule has 7 N–H and O–H groups in total. The summed E-state index contributed by atoms with van der Waals surface area (Å²) in [6, 6.07) is -1.67. The van der Waals surface area contributed by atoms with Crippen LogP contribution < -0.4 is 27.0 Å². The van der Waals surface area contributed by atoms with Gasteiger partial charge in [-0.05, 0) is 121 Å². The smallest absolute Gasteiger partial charge is 0.408 e. The van der Waals surface area contributed by atoms with E-state index in [4.69, 9.17) is 19.9 Å². The fourth-order valence-corrected chi connectivity index (χ4v) is 4.52. The highest BCUT2D eigenvalue weighted by Crippen LogP contribution is 2.16. The van der Waals surface area contributed by atoms with E-state index in [9.17, 15) is 33.9 Å². The van der Waals surface area contributed by atoms with Crippen LogP contribution in [0.4, 0.5) is 14.4 Å². The molecule has 0 aromatic rings. The summed E-state index contributed by atoms with van der Waals surface area (Å²) in [5, 5.41) is 20.0. The van der Waals surface area contributed by atoms with Crippen molar-refractivity contribution >= 4 is 35.9 Å². The van der Waals surface area contributed by atoms with Crippen LogP contribution in [0.25, 0.3) is 0 Å². The first-order valence-corrected chi connectivity index (χ1v) is 17.6. The Hall–Kier alpha value is -3.62. The van der Waals surface area contributed by atoms with Crippen molar-refractivity contribution in [1.29, 1.82) is 0 Å². The molecule has 290 valence electrons. The SMILES string of the molecule is CC(C)(C)OC(=O)NCCCC[C@H](NC(=O)OC(C)(C)C)C(=O)NCCCC[C@H](NC(=O)OC(C)(C)C)C(=O)CCCCC[C@@](C)(N)C(=O)O. The third-order valence-corrected chi connectivity index (χ3v) is 7.00. The molecule has 3 atom stereocenters. The standard InChI is InChI=1S/C35H65N5O10/c1-32(2,3)48-29(45)38-23-17-14-19-25(40-31(47)50-34(7,8)9)27(42)37-22-16-13-18-24(39-30(46)49-33(4,5)6)26(41)20-12-11-15-21-35(10,36)28(43)44/h24-25H,11-23,36H2,1-10H3,(H,37,42)(H,38,45)(H,39,46)(H,40,47)(H,43,44)/t24-,25-,35+/m0/s1. The molecule has 0 heterocycles. The van der Waals surface area contributed by atoms with Crippen molar-refractivity contribution in [3.63, 3.8) is 0 Å². The van der Waals surface area contributed by atoms with Gasteiger partial charge in [0, 0.05) is 19.5 Å². The van der Waals surface area contributed by atoms with Crippen molar-refractivity contribution in [2.45, 2.75) is 174 Å². The largest absolute Gasteiger partial charge is 0.480 e. The van der Waals surface area contributed by atoms with Gasteiger partial charge in [-0.3, -0.25) is 14.4 Å². The number of carbonyl (C=O) groups excluding carboxylic acids is 5. The summed E-state index contributed by atoms with van der Waals surface area (Å²) in [5.74, 6) is -1.64. The number of ketones is 1. The minimum absolute atomic E-state index is 0.170. The Balaban J connectivity index is 5.10. The van der Waals surface area contributed by atoms with Crippen molar-refractivity contribution in [3.8, 4) is 0 Å². The molecule has 0 saturated carbocycles. The van der Waals surface area contributed by atoms with E-state index >= 15 is 0 Å². The number of amides is 4. The monoisotopic (exact) mass is 715 g/mol. The summed E-state index contributed by atoms with van der Waals surface area (Å²) in [5.41, 5.74) is 2.33. The van der Waals surface area contributed by atoms with Crippen LogP contribution in [0.5, 0.6) is 0 Å². The second-order valence-electron chi connectivity index (χ2n) is 15.9. The Morgan fingerprint density at radius 3 is 1.50 bits per heavy atom. The van der Waals surface area contributed by atoms with Crippen LogP contribution in [-0.4, -0.2) is 88.6 Å². The van der Waals surface area contributed by atoms with Gasteiger partial charge >= 0.3 is 24.2 Å². The molecule has 0 aromatic carbocycles. The van der Waals surface area contributed by atoms with E-state index in [1.165, 1.54) is 6.92 Å². The number of ether oxygens (including phenoxy) is 3. The van der Waals surface area contributed by atoms with Gasteiger partial charge in [0.25, 0.3) is 0 Å². The second kappa shape index (κ2) is 21.6. The van der Waals surface area contributed by atoms with Gasteiger partial charge in [0.15, 0.2) is 5.78 Å². The quantitative estimate of drug-likeness (QED) is 0.0679. The lowest BCUT2D eigenvalue weighted by Crippen LogP contribution is -2.48. The minimum atomic E-state index is -1.33. The maximum Gasteiger partial charge on any atom is 0.408 e. The number of carboxylic acid groups (broad SMARTS) is 1. The normalized spacial score (nSPS) is 14.3. The predicted octanol–water partition coefficient (Wildman–Crippen LogP) is 5.08. The average molecular weight is 716 g/mol. The number of carboxylic acids is 1. The van der Waals surface area contributed by atoms with Crippen LogP contribution in [0.3, 0.4) is 0 Å². The highest BCUT2D eigenvalue weighted by atomic mass is 16.6. The Bertz CT molecular complexity index is 1110. The number of Topliss-reactive ketones (excluding diaryl/α,β-unsaturated/α-hetero) is 1. The summed E-state index contributed by atoms with van der Waals surface area (Å²) in [4.78, 5) is 74.2. The highest BCUT2D eigenvalue weighted by molar-refractivity contribution is 5.87. The molecule has 0 bridgehead atoms. The van der Waals surface area contributed by atoms with Crippen LogP contribution >= 0.6 is 0 Å². The zero-order valence-corrected chi connectivity index (χ0v) is 32.0. The minimum Gasteiger partial charge on any atom is -0.480 e. The van der Waals surface area contributed by atoms with E-state index in [1.54, 1.807) is 62.3 Å². The molecule has 0 aliphatic rings. The van der Waals surface area contributed by atoms with Crippen LogP contribution in [0.15, 0.2) is 0 Å². The molecular formula is C35H65N5O10. The molecule has 15 heteroatoms. The molecular weight excluding hydrogens is 650 g/mol. The van der Waals surface area contributed by atoms with Crippen LogP contribution in [-0.2, 0) is 28.6 Å². The maximum atomic E-state index is 13.1. The molecule has 50 heavy (non-hydrogen) atoms. The van der Waals surface area contributed by atoms with Gasteiger partial charge in [-0.15, -0.1) is 0 Å². The van der Waals surface area contributed by atoms with Crippen molar-refractivity contribution in [2.24, 2.45) is 5.73 Å². The highest BCUT2D eigenvalue weighted by Gasteiger charge is 2.28. The lowest BCUT2D eigenvalue weighted by molar-refractivity contribution is -0.143. The zero-order chi connectivity index (χ0) is 38.8. The topological polar surface area (TPSA) is 224 Å². The van der Waals surface area contributed by atoms with Crippen molar-refractivity contribution in [1.82, 2.24) is 21.3 Å². The van der Waals surface area contributed by atoms with Crippen LogP contribution in [0.1, 0.15) is 140 Å². The van der Waals surface area contributed by atoms with E-state index < -0.39 is 64.6 Å². The number of rotatable bonds is 21. The number of alkyl carbamates (subject to hydrolysis) is 3. The van der Waals surface area contributed by atoms with E-state index in [-0.39, 0.29) is 25.2 Å². The summed E-state index contributed by atoms with van der Waals surface area (Å²) in [6.45, 7) is 17.7. The number of hydrogen-bond acceptors (Lipinski definition) is 10. The first kappa shape index (κ1) is 46.4. The summed E-state index contributed by atoms with van der Waals surface area (Å²) < 4.78 is 15.9.